The van der Waals surface area contributed by atoms with Crippen LogP contribution in [-0.4, -0.2) is 13.1 Å². The molecule has 2 aromatic rings. The van der Waals surface area contributed by atoms with E-state index in [9.17, 15) is 4.79 Å². The van der Waals surface area contributed by atoms with Crippen molar-refractivity contribution in [3.05, 3.63) is 59.7 Å². The van der Waals surface area contributed by atoms with Crippen LogP contribution in [-0.2, 0) is 4.74 Å². The number of ether oxygens (including phenoxy) is 1. The summed E-state index contributed by atoms with van der Waals surface area (Å²) in [6.45, 7) is 1.89. The number of benzene rings is 2. The molecule has 0 aliphatic carbocycles. The number of carbonyl (C=O) groups is 1. The third-order valence-electron chi connectivity index (χ3n) is 2.69. The number of methoxy groups -OCH3 is 1. The number of anilines is 2. The molecule has 0 aliphatic heterocycles. The summed E-state index contributed by atoms with van der Waals surface area (Å²) in [5.74, 6) is -0.307. The number of hydrogen-bond donors (Lipinski definition) is 1. The second-order valence-electron chi connectivity index (χ2n) is 4.01. The average Bonchev–Trinajstić information content (AvgIpc) is 2.39. The predicted octanol–water partition coefficient (Wildman–Crippen LogP) is 3.53. The Balaban J connectivity index is 2.22. The van der Waals surface area contributed by atoms with Gasteiger partial charge in [-0.25, -0.2) is 4.79 Å². The maximum Gasteiger partial charge on any atom is 0.338 e. The Morgan fingerprint density at radius 2 is 1.78 bits per heavy atom. The summed E-state index contributed by atoms with van der Waals surface area (Å²) in [7, 11) is 1.39. The van der Waals surface area contributed by atoms with Gasteiger partial charge in [0.05, 0.1) is 12.7 Å². The van der Waals surface area contributed by atoms with Crippen LogP contribution in [0.2, 0.25) is 0 Å². The summed E-state index contributed by atoms with van der Waals surface area (Å²) in [5, 5.41) is 3.28. The van der Waals surface area contributed by atoms with E-state index in [1.165, 1.54) is 7.11 Å². The third-order valence-corrected chi connectivity index (χ3v) is 2.69. The van der Waals surface area contributed by atoms with Crippen LogP contribution in [0.25, 0.3) is 0 Å². The van der Waals surface area contributed by atoms with Crippen LogP contribution in [0.4, 0.5) is 11.4 Å². The Bertz CT molecular complexity index is 550. The molecule has 0 heterocycles. The Kier molecular flexibility index (Phi) is 3.63. The van der Waals surface area contributed by atoms with E-state index in [1.54, 1.807) is 6.07 Å². The normalized spacial score (nSPS) is 9.89. The van der Waals surface area contributed by atoms with E-state index in [-0.39, 0.29) is 5.97 Å². The lowest BCUT2D eigenvalue weighted by Gasteiger charge is -2.09. The van der Waals surface area contributed by atoms with Gasteiger partial charge in [0.25, 0.3) is 0 Å². The Morgan fingerprint density at radius 3 is 2.39 bits per heavy atom. The van der Waals surface area contributed by atoms with Crippen LogP contribution in [0.5, 0.6) is 0 Å². The molecule has 2 aromatic carbocycles. The van der Waals surface area contributed by atoms with Crippen molar-refractivity contribution in [1.29, 1.82) is 0 Å². The van der Waals surface area contributed by atoms with Crippen molar-refractivity contribution in [2.24, 2.45) is 0 Å². The van der Waals surface area contributed by atoms with Crippen molar-refractivity contribution in [2.75, 3.05) is 12.4 Å². The van der Waals surface area contributed by atoms with Crippen molar-refractivity contribution in [2.45, 2.75) is 6.92 Å². The lowest BCUT2D eigenvalue weighted by Crippen LogP contribution is -2.04. The van der Waals surface area contributed by atoms with Crippen LogP contribution < -0.4 is 5.32 Å². The summed E-state index contributed by atoms with van der Waals surface area (Å²) in [4.78, 5) is 11.5. The fourth-order valence-corrected chi connectivity index (χ4v) is 1.77. The lowest BCUT2D eigenvalue weighted by atomic mass is 10.1. The molecule has 0 atom stereocenters. The Hall–Kier alpha value is -2.29. The van der Waals surface area contributed by atoms with Crippen molar-refractivity contribution in [3.63, 3.8) is 0 Å². The van der Waals surface area contributed by atoms with Gasteiger partial charge in [-0.2, -0.15) is 0 Å². The van der Waals surface area contributed by atoms with Gasteiger partial charge in [-0.15, -0.1) is 0 Å². The third kappa shape index (κ3) is 2.69. The monoisotopic (exact) mass is 241 g/mol. The Labute approximate surface area is 106 Å². The molecule has 18 heavy (non-hydrogen) atoms. The molecular weight excluding hydrogens is 226 g/mol. The standard InChI is InChI=1S/C15H15NO2/c1-11-10-13(8-9-14(11)15(17)18-2)16-12-6-4-3-5-7-12/h3-10,16H,1-2H3. The molecule has 92 valence electrons. The zero-order valence-electron chi connectivity index (χ0n) is 10.4. The average molecular weight is 241 g/mol. The highest BCUT2D eigenvalue weighted by molar-refractivity contribution is 5.91. The second kappa shape index (κ2) is 5.36. The number of rotatable bonds is 3. The first-order valence-corrected chi connectivity index (χ1v) is 5.72. The topological polar surface area (TPSA) is 38.3 Å². The first kappa shape index (κ1) is 12.2. The van der Waals surface area contributed by atoms with Gasteiger partial charge in [-0.05, 0) is 42.8 Å². The van der Waals surface area contributed by atoms with Gasteiger partial charge in [0.2, 0.25) is 0 Å². The number of hydrogen-bond acceptors (Lipinski definition) is 3. The predicted molar refractivity (Wildman–Crippen MR) is 72.2 cm³/mol. The van der Waals surface area contributed by atoms with Gasteiger partial charge in [0.1, 0.15) is 0 Å². The van der Waals surface area contributed by atoms with E-state index >= 15 is 0 Å². The summed E-state index contributed by atoms with van der Waals surface area (Å²) in [5.41, 5.74) is 3.45. The van der Waals surface area contributed by atoms with E-state index in [0.717, 1.165) is 16.9 Å². The zero-order chi connectivity index (χ0) is 13.0. The highest BCUT2D eigenvalue weighted by Gasteiger charge is 2.08. The minimum absolute atomic E-state index is 0.307. The van der Waals surface area contributed by atoms with E-state index in [0.29, 0.717) is 5.56 Å². The largest absolute Gasteiger partial charge is 0.465 e. The summed E-state index contributed by atoms with van der Waals surface area (Å²) in [6.07, 6.45) is 0. The van der Waals surface area contributed by atoms with E-state index in [1.807, 2.05) is 49.4 Å². The zero-order valence-corrected chi connectivity index (χ0v) is 10.4. The van der Waals surface area contributed by atoms with Crippen molar-refractivity contribution >= 4 is 17.3 Å². The molecule has 3 heteroatoms. The molecule has 0 spiro atoms. The molecule has 3 nitrogen and oxygen atoms in total. The molecule has 0 amide bonds. The number of carbonyl (C=O) groups excluding carboxylic acids is 1. The first-order valence-electron chi connectivity index (χ1n) is 5.72. The van der Waals surface area contributed by atoms with E-state index in [4.69, 9.17) is 4.74 Å². The summed E-state index contributed by atoms with van der Waals surface area (Å²) >= 11 is 0. The fraction of sp³-hybridized carbons (Fsp3) is 0.133. The molecule has 0 bridgehead atoms. The molecular formula is C15H15NO2. The van der Waals surface area contributed by atoms with E-state index in [2.05, 4.69) is 5.32 Å². The fourth-order valence-electron chi connectivity index (χ4n) is 1.77. The maximum absolute atomic E-state index is 11.5. The number of nitrogens with one attached hydrogen (secondary N) is 1. The molecule has 2 rings (SSSR count). The molecule has 0 saturated heterocycles. The highest BCUT2D eigenvalue weighted by atomic mass is 16.5. The molecule has 0 radical (unpaired) electrons. The van der Waals surface area contributed by atoms with Crippen molar-refractivity contribution in [3.8, 4) is 0 Å². The highest BCUT2D eigenvalue weighted by Crippen LogP contribution is 2.20. The van der Waals surface area contributed by atoms with Gasteiger partial charge in [0.15, 0.2) is 0 Å². The van der Waals surface area contributed by atoms with Gasteiger partial charge in [-0.1, -0.05) is 18.2 Å². The SMILES string of the molecule is COC(=O)c1ccc(Nc2ccccc2)cc1C. The first-order chi connectivity index (χ1) is 8.70. The minimum atomic E-state index is -0.307. The lowest BCUT2D eigenvalue weighted by molar-refractivity contribution is 0.0600. The number of para-hydroxylation sites is 1. The molecule has 1 N–H and O–H groups in total. The van der Waals surface area contributed by atoms with Crippen LogP contribution in [0.1, 0.15) is 15.9 Å². The van der Waals surface area contributed by atoms with Crippen LogP contribution in [0.15, 0.2) is 48.5 Å². The van der Waals surface area contributed by atoms with Gasteiger partial charge < -0.3 is 10.1 Å². The summed E-state index contributed by atoms with van der Waals surface area (Å²) < 4.78 is 4.72. The molecule has 0 aromatic heterocycles. The number of aryl methyl sites for hydroxylation is 1. The Morgan fingerprint density at radius 1 is 1.06 bits per heavy atom. The molecule has 0 aliphatic rings. The van der Waals surface area contributed by atoms with E-state index < -0.39 is 0 Å². The quantitative estimate of drug-likeness (QED) is 0.835. The van der Waals surface area contributed by atoms with Gasteiger partial charge in [-0.3, -0.25) is 0 Å². The van der Waals surface area contributed by atoms with Gasteiger partial charge >= 0.3 is 5.97 Å². The molecule has 0 unspecified atom stereocenters. The van der Waals surface area contributed by atoms with Crippen molar-refractivity contribution in [1.82, 2.24) is 0 Å². The van der Waals surface area contributed by atoms with Crippen molar-refractivity contribution < 1.29 is 9.53 Å². The second-order valence-corrected chi connectivity index (χ2v) is 4.01. The smallest absolute Gasteiger partial charge is 0.338 e. The minimum Gasteiger partial charge on any atom is -0.465 e. The van der Waals surface area contributed by atoms with Crippen LogP contribution >= 0.6 is 0 Å². The number of esters is 1. The maximum atomic E-state index is 11.5. The summed E-state index contributed by atoms with van der Waals surface area (Å²) in [6, 6.07) is 15.5. The van der Waals surface area contributed by atoms with Gasteiger partial charge in [0, 0.05) is 11.4 Å². The van der Waals surface area contributed by atoms with Crippen LogP contribution in [0.3, 0.4) is 0 Å². The molecule has 0 saturated carbocycles. The van der Waals surface area contributed by atoms with Crippen LogP contribution in [0, 0.1) is 6.92 Å². The molecule has 0 fully saturated rings.